The number of carbonyl (C=O) groups is 2. The van der Waals surface area contributed by atoms with E-state index in [2.05, 4.69) is 4.74 Å². The van der Waals surface area contributed by atoms with E-state index in [-0.39, 0.29) is 5.75 Å². The highest BCUT2D eigenvalue weighted by atomic mass is 32.2. The molecule has 12 heavy (non-hydrogen) atoms. The lowest BCUT2D eigenvalue weighted by molar-refractivity contribution is -0.134. The fourth-order valence-corrected chi connectivity index (χ4v) is 1.94. The summed E-state index contributed by atoms with van der Waals surface area (Å²) in [7, 11) is 0. The van der Waals surface area contributed by atoms with Gasteiger partial charge in [-0.2, -0.15) is 0 Å². The lowest BCUT2D eigenvalue weighted by Gasteiger charge is -1.98. The smallest absolute Gasteiger partial charge is 0.313 e. The fraction of sp³-hybridized carbons (Fsp3) is 0.667. The number of rotatable bonds is 8. The van der Waals surface area contributed by atoms with Gasteiger partial charge in [-0.25, -0.2) is 0 Å². The Labute approximate surface area is 79.0 Å². The molecule has 0 aliphatic heterocycles. The highest BCUT2D eigenvalue weighted by Crippen LogP contribution is 2.06. The van der Waals surface area contributed by atoms with Gasteiger partial charge >= 0.3 is 5.97 Å². The maximum Gasteiger partial charge on any atom is 0.313 e. The molecule has 0 spiro atoms. The van der Waals surface area contributed by atoms with E-state index in [1.54, 1.807) is 0 Å². The normalized spacial score (nSPS) is 9.33. The first-order valence-electron chi connectivity index (χ1n) is 3.20. The topological polar surface area (TPSA) is 63.6 Å². The van der Waals surface area contributed by atoms with Gasteiger partial charge in [0, 0.05) is 11.5 Å². The largest absolute Gasteiger partial charge is 0.481 e. The van der Waals surface area contributed by atoms with E-state index in [0.29, 0.717) is 12.4 Å². The van der Waals surface area contributed by atoms with Crippen LogP contribution in [0.5, 0.6) is 0 Å². The van der Waals surface area contributed by atoms with Crippen LogP contribution >= 0.6 is 23.5 Å². The second-order valence-electron chi connectivity index (χ2n) is 1.74. The van der Waals surface area contributed by atoms with Crippen molar-refractivity contribution in [1.29, 1.82) is 0 Å². The van der Waals surface area contributed by atoms with Crippen LogP contribution in [0.15, 0.2) is 0 Å². The molecule has 0 amide bonds. The van der Waals surface area contributed by atoms with Gasteiger partial charge in [0.05, 0.1) is 5.75 Å². The van der Waals surface area contributed by atoms with Crippen molar-refractivity contribution in [3.05, 3.63) is 0 Å². The Morgan fingerprint density at radius 1 is 1.42 bits per heavy atom. The van der Waals surface area contributed by atoms with E-state index in [0.717, 1.165) is 11.5 Å². The van der Waals surface area contributed by atoms with E-state index in [1.165, 1.54) is 23.5 Å². The van der Waals surface area contributed by atoms with Gasteiger partial charge in [0.1, 0.15) is 5.94 Å². The molecule has 0 unspecified atom stereocenters. The van der Waals surface area contributed by atoms with Crippen LogP contribution in [0.2, 0.25) is 0 Å². The standard InChI is InChI=1S/C6H10O4S2/c7-4-10-5-12-2-1-11-3-6(8)9/h4H,1-3,5H2,(H,8,9). The van der Waals surface area contributed by atoms with Gasteiger partial charge in [-0.1, -0.05) is 0 Å². The number of carboxylic acid groups (broad SMARTS) is 1. The number of ether oxygens (including phenoxy) is 1. The lowest BCUT2D eigenvalue weighted by Crippen LogP contribution is -2.00. The van der Waals surface area contributed by atoms with Gasteiger partial charge < -0.3 is 9.84 Å². The monoisotopic (exact) mass is 210 g/mol. The van der Waals surface area contributed by atoms with Crippen LogP contribution in [-0.4, -0.2) is 40.7 Å². The summed E-state index contributed by atoms with van der Waals surface area (Å²) in [5.74, 6) is 1.24. The van der Waals surface area contributed by atoms with Gasteiger partial charge in [-0.05, 0) is 0 Å². The summed E-state index contributed by atoms with van der Waals surface area (Å²) in [6.45, 7) is 0.400. The summed E-state index contributed by atoms with van der Waals surface area (Å²) in [6.07, 6.45) is 0. The number of hydrogen-bond donors (Lipinski definition) is 1. The third-order valence-electron chi connectivity index (χ3n) is 0.817. The molecule has 0 aromatic heterocycles. The minimum Gasteiger partial charge on any atom is -0.481 e. The Balaban J connectivity index is 2.90. The molecular weight excluding hydrogens is 200 g/mol. The first-order valence-corrected chi connectivity index (χ1v) is 5.51. The summed E-state index contributed by atoms with van der Waals surface area (Å²) in [6, 6.07) is 0. The molecule has 0 saturated heterocycles. The van der Waals surface area contributed by atoms with Gasteiger partial charge in [0.15, 0.2) is 0 Å². The molecule has 0 saturated carbocycles. The highest BCUT2D eigenvalue weighted by Gasteiger charge is 1.96. The molecular formula is C6H10O4S2. The molecule has 1 N–H and O–H groups in total. The van der Waals surface area contributed by atoms with Gasteiger partial charge in [0.25, 0.3) is 6.47 Å². The number of hydrogen-bond acceptors (Lipinski definition) is 5. The highest BCUT2D eigenvalue weighted by molar-refractivity contribution is 8.03. The Bertz CT molecular complexity index is 140. The SMILES string of the molecule is O=COCSCCSCC(=O)O. The summed E-state index contributed by atoms with van der Waals surface area (Å²) < 4.78 is 4.42. The van der Waals surface area contributed by atoms with Crippen LogP contribution in [0.3, 0.4) is 0 Å². The van der Waals surface area contributed by atoms with Crippen molar-refractivity contribution in [2.24, 2.45) is 0 Å². The van der Waals surface area contributed by atoms with Crippen molar-refractivity contribution in [1.82, 2.24) is 0 Å². The van der Waals surface area contributed by atoms with E-state index in [4.69, 9.17) is 5.11 Å². The minimum absolute atomic E-state index is 0.134. The Morgan fingerprint density at radius 3 is 2.67 bits per heavy atom. The summed E-state index contributed by atoms with van der Waals surface area (Å²) >= 11 is 2.82. The van der Waals surface area contributed by atoms with Crippen LogP contribution in [0, 0.1) is 0 Å². The first-order chi connectivity index (χ1) is 5.77. The predicted molar refractivity (Wildman–Crippen MR) is 49.4 cm³/mol. The minimum atomic E-state index is -0.797. The average Bonchev–Trinajstić information content (AvgIpc) is 2.02. The molecule has 70 valence electrons. The zero-order chi connectivity index (χ0) is 9.23. The number of aliphatic carboxylic acids is 1. The lowest BCUT2D eigenvalue weighted by atomic mass is 10.8. The van der Waals surface area contributed by atoms with Gasteiger partial charge in [-0.3, -0.25) is 9.59 Å². The van der Waals surface area contributed by atoms with E-state index in [1.807, 2.05) is 0 Å². The predicted octanol–water partition coefficient (Wildman–Crippen LogP) is 0.668. The van der Waals surface area contributed by atoms with Crippen molar-refractivity contribution in [3.8, 4) is 0 Å². The molecule has 0 aliphatic rings. The average molecular weight is 210 g/mol. The van der Waals surface area contributed by atoms with Crippen LogP contribution in [0.1, 0.15) is 0 Å². The Morgan fingerprint density at radius 2 is 2.08 bits per heavy atom. The molecule has 6 heteroatoms. The van der Waals surface area contributed by atoms with Crippen molar-refractivity contribution in [2.45, 2.75) is 0 Å². The van der Waals surface area contributed by atoms with Crippen LogP contribution in [0.25, 0.3) is 0 Å². The van der Waals surface area contributed by atoms with E-state index in [9.17, 15) is 9.59 Å². The molecule has 0 atom stereocenters. The zero-order valence-corrected chi connectivity index (χ0v) is 8.03. The van der Waals surface area contributed by atoms with Crippen molar-refractivity contribution >= 4 is 36.0 Å². The summed E-state index contributed by atoms with van der Waals surface area (Å²) in [5.41, 5.74) is 0. The molecule has 0 radical (unpaired) electrons. The molecule has 4 nitrogen and oxygen atoms in total. The number of carboxylic acids is 1. The maximum absolute atomic E-state index is 10.0. The second-order valence-corrected chi connectivity index (χ2v) is 3.89. The molecule has 0 bridgehead atoms. The Kier molecular flexibility index (Phi) is 8.47. The van der Waals surface area contributed by atoms with Crippen LogP contribution < -0.4 is 0 Å². The molecule has 0 heterocycles. The van der Waals surface area contributed by atoms with E-state index < -0.39 is 5.97 Å². The maximum atomic E-state index is 10.0. The van der Waals surface area contributed by atoms with Crippen molar-refractivity contribution < 1.29 is 19.4 Å². The first kappa shape index (κ1) is 11.6. The number of carbonyl (C=O) groups excluding carboxylic acids is 1. The van der Waals surface area contributed by atoms with Crippen LogP contribution in [0.4, 0.5) is 0 Å². The quantitative estimate of drug-likeness (QED) is 0.361. The third kappa shape index (κ3) is 9.64. The van der Waals surface area contributed by atoms with Gasteiger partial charge in [-0.15, -0.1) is 23.5 Å². The molecule has 0 aromatic rings. The van der Waals surface area contributed by atoms with Gasteiger partial charge in [0.2, 0.25) is 0 Å². The molecule has 0 rings (SSSR count). The van der Waals surface area contributed by atoms with Crippen molar-refractivity contribution in [2.75, 3.05) is 23.2 Å². The summed E-state index contributed by atoms with van der Waals surface area (Å²) in [4.78, 5) is 19.7. The molecule has 0 aromatic carbocycles. The Hall–Kier alpha value is -0.360. The third-order valence-corrected chi connectivity index (χ3v) is 2.81. The van der Waals surface area contributed by atoms with Crippen LogP contribution in [-0.2, 0) is 14.3 Å². The second kappa shape index (κ2) is 8.73. The summed E-state index contributed by atoms with van der Waals surface area (Å²) in [5, 5.41) is 8.26. The van der Waals surface area contributed by atoms with Crippen molar-refractivity contribution in [3.63, 3.8) is 0 Å². The molecule has 0 fully saturated rings. The fourth-order valence-electron chi connectivity index (χ4n) is 0.412. The zero-order valence-electron chi connectivity index (χ0n) is 6.39. The number of thioether (sulfide) groups is 2. The van der Waals surface area contributed by atoms with E-state index >= 15 is 0 Å². The molecule has 0 aliphatic carbocycles.